The SMILES string of the molecule is CN1C(=O)C(N2CCOCC2)(N2CCOCC2)C(=O)c2ccccc21. The van der Waals surface area contributed by atoms with Gasteiger partial charge in [0.1, 0.15) is 0 Å². The Labute approximate surface area is 147 Å². The van der Waals surface area contributed by atoms with Crippen molar-refractivity contribution in [1.82, 2.24) is 9.80 Å². The average Bonchev–Trinajstić information content (AvgIpc) is 2.68. The monoisotopic (exact) mass is 345 g/mol. The van der Waals surface area contributed by atoms with E-state index < -0.39 is 5.66 Å². The summed E-state index contributed by atoms with van der Waals surface area (Å²) in [6, 6.07) is 7.35. The molecule has 1 amide bonds. The Balaban J connectivity index is 1.87. The van der Waals surface area contributed by atoms with Gasteiger partial charge in [-0.25, -0.2) is 0 Å². The van der Waals surface area contributed by atoms with Gasteiger partial charge in [0.05, 0.1) is 32.1 Å². The number of amides is 1. The van der Waals surface area contributed by atoms with Crippen molar-refractivity contribution in [1.29, 1.82) is 0 Å². The van der Waals surface area contributed by atoms with E-state index in [1.54, 1.807) is 11.9 Å². The lowest BCUT2D eigenvalue weighted by Crippen LogP contribution is -2.76. The Hall–Kier alpha value is -1.80. The van der Waals surface area contributed by atoms with Gasteiger partial charge in [-0.15, -0.1) is 0 Å². The average molecular weight is 345 g/mol. The van der Waals surface area contributed by atoms with Gasteiger partial charge in [0.15, 0.2) is 0 Å². The first-order chi connectivity index (χ1) is 12.2. The molecule has 3 aliphatic rings. The van der Waals surface area contributed by atoms with Gasteiger partial charge in [-0.3, -0.25) is 19.4 Å². The number of fused-ring (bicyclic) bond motifs is 1. The zero-order chi connectivity index (χ0) is 17.4. The second-order valence-electron chi connectivity index (χ2n) is 6.58. The molecule has 3 aliphatic heterocycles. The third kappa shape index (κ3) is 2.42. The van der Waals surface area contributed by atoms with Gasteiger partial charge in [-0.05, 0) is 12.1 Å². The molecule has 0 radical (unpaired) electrons. The molecule has 0 N–H and O–H groups in total. The van der Waals surface area contributed by atoms with E-state index in [1.165, 1.54) is 0 Å². The van der Waals surface area contributed by atoms with E-state index in [9.17, 15) is 9.59 Å². The van der Waals surface area contributed by atoms with Crippen LogP contribution in [0.4, 0.5) is 5.69 Å². The highest BCUT2D eigenvalue weighted by Crippen LogP contribution is 2.38. The van der Waals surface area contributed by atoms with Gasteiger partial charge in [0, 0.05) is 38.8 Å². The van der Waals surface area contributed by atoms with E-state index in [0.29, 0.717) is 63.9 Å². The molecule has 0 spiro atoms. The number of hydrogen-bond acceptors (Lipinski definition) is 6. The predicted octanol–water partition coefficient (Wildman–Crippen LogP) is 0.206. The zero-order valence-corrected chi connectivity index (χ0v) is 14.4. The minimum absolute atomic E-state index is 0.130. The molecule has 0 bridgehead atoms. The van der Waals surface area contributed by atoms with E-state index in [2.05, 4.69) is 0 Å². The highest BCUT2D eigenvalue weighted by molar-refractivity contribution is 6.27. The van der Waals surface area contributed by atoms with Crippen molar-refractivity contribution >= 4 is 17.4 Å². The molecule has 0 saturated carbocycles. The fraction of sp³-hybridized carbons (Fsp3) is 0.556. The summed E-state index contributed by atoms with van der Waals surface area (Å²) in [5.74, 6) is -0.310. The summed E-state index contributed by atoms with van der Waals surface area (Å²) < 4.78 is 10.9. The maximum Gasteiger partial charge on any atom is 0.270 e. The number of rotatable bonds is 2. The number of Topliss-reactive ketones (excluding diaryl/α,β-unsaturated/α-hetero) is 1. The number of para-hydroxylation sites is 1. The second kappa shape index (κ2) is 6.49. The van der Waals surface area contributed by atoms with Crippen LogP contribution in [0.5, 0.6) is 0 Å². The number of anilines is 1. The number of likely N-dealkylation sites (N-methyl/N-ethyl adjacent to an activating group) is 1. The standard InChI is InChI=1S/C18H23N3O4/c1-19-15-5-3-2-4-14(15)16(22)18(17(19)23,20-6-10-24-11-7-20)21-8-12-25-13-9-21/h2-5H,6-13H2,1H3. The molecule has 7 nitrogen and oxygen atoms in total. The first kappa shape index (κ1) is 16.7. The molecule has 25 heavy (non-hydrogen) atoms. The Morgan fingerprint density at radius 3 is 1.96 bits per heavy atom. The van der Waals surface area contributed by atoms with E-state index in [0.717, 1.165) is 0 Å². The smallest absolute Gasteiger partial charge is 0.270 e. The Bertz CT molecular complexity index is 663. The molecule has 0 atom stereocenters. The largest absolute Gasteiger partial charge is 0.379 e. The number of benzene rings is 1. The van der Waals surface area contributed by atoms with E-state index in [1.807, 2.05) is 34.1 Å². The fourth-order valence-corrected chi connectivity index (χ4v) is 4.12. The summed E-state index contributed by atoms with van der Waals surface area (Å²) >= 11 is 0. The molecule has 1 aromatic carbocycles. The van der Waals surface area contributed by atoms with Crippen molar-refractivity contribution in [3.05, 3.63) is 29.8 Å². The lowest BCUT2D eigenvalue weighted by molar-refractivity contribution is -0.151. The van der Waals surface area contributed by atoms with E-state index in [-0.39, 0.29) is 11.7 Å². The third-order valence-corrected chi connectivity index (χ3v) is 5.37. The topological polar surface area (TPSA) is 62.3 Å². The van der Waals surface area contributed by atoms with Gasteiger partial charge < -0.3 is 14.4 Å². The van der Waals surface area contributed by atoms with Crippen LogP contribution in [0.3, 0.4) is 0 Å². The summed E-state index contributed by atoms with van der Waals surface area (Å²) in [5.41, 5.74) is -0.0198. The van der Waals surface area contributed by atoms with Crippen LogP contribution in [0.2, 0.25) is 0 Å². The summed E-state index contributed by atoms with van der Waals surface area (Å²) in [4.78, 5) is 32.9. The normalized spacial score (nSPS) is 25.1. The van der Waals surface area contributed by atoms with Crippen LogP contribution >= 0.6 is 0 Å². The van der Waals surface area contributed by atoms with Crippen molar-refractivity contribution in [3.63, 3.8) is 0 Å². The number of morpholine rings is 2. The summed E-state index contributed by atoms with van der Waals surface area (Å²) in [6.45, 7) is 4.34. The van der Waals surface area contributed by atoms with Gasteiger partial charge >= 0.3 is 0 Å². The van der Waals surface area contributed by atoms with Crippen LogP contribution in [-0.4, -0.2) is 86.8 Å². The molecular weight excluding hydrogens is 322 g/mol. The highest BCUT2D eigenvalue weighted by atomic mass is 16.5. The van der Waals surface area contributed by atoms with Crippen molar-refractivity contribution in [2.75, 3.05) is 64.6 Å². The Kier molecular flexibility index (Phi) is 4.33. The molecule has 0 aliphatic carbocycles. The molecule has 2 saturated heterocycles. The van der Waals surface area contributed by atoms with Crippen LogP contribution < -0.4 is 4.90 Å². The van der Waals surface area contributed by atoms with E-state index in [4.69, 9.17) is 9.47 Å². The van der Waals surface area contributed by atoms with E-state index >= 15 is 0 Å². The molecule has 0 unspecified atom stereocenters. The summed E-state index contributed by atoms with van der Waals surface area (Å²) in [6.07, 6.45) is 0. The number of carbonyl (C=O) groups is 2. The second-order valence-corrected chi connectivity index (χ2v) is 6.58. The molecule has 0 aromatic heterocycles. The maximum atomic E-state index is 13.7. The number of ketones is 1. The number of ether oxygens (including phenoxy) is 2. The first-order valence-electron chi connectivity index (χ1n) is 8.75. The third-order valence-electron chi connectivity index (χ3n) is 5.37. The van der Waals surface area contributed by atoms with Crippen LogP contribution in [0.15, 0.2) is 24.3 Å². The lowest BCUT2D eigenvalue weighted by atomic mass is 9.86. The fourth-order valence-electron chi connectivity index (χ4n) is 4.12. The molecule has 4 rings (SSSR count). The molecule has 7 heteroatoms. The summed E-state index contributed by atoms with van der Waals surface area (Å²) in [7, 11) is 1.75. The van der Waals surface area contributed by atoms with Crippen LogP contribution in [0, 0.1) is 0 Å². The predicted molar refractivity (Wildman–Crippen MR) is 91.7 cm³/mol. The quantitative estimate of drug-likeness (QED) is 0.714. The molecule has 134 valence electrons. The zero-order valence-electron chi connectivity index (χ0n) is 14.4. The van der Waals surface area contributed by atoms with Gasteiger partial charge in [0.2, 0.25) is 11.4 Å². The molecule has 2 fully saturated rings. The van der Waals surface area contributed by atoms with Crippen molar-refractivity contribution in [2.24, 2.45) is 0 Å². The minimum Gasteiger partial charge on any atom is -0.379 e. The van der Waals surface area contributed by atoms with Crippen molar-refractivity contribution in [2.45, 2.75) is 5.66 Å². The van der Waals surface area contributed by atoms with Crippen LogP contribution in [-0.2, 0) is 14.3 Å². The van der Waals surface area contributed by atoms with Crippen LogP contribution in [0.1, 0.15) is 10.4 Å². The van der Waals surface area contributed by atoms with Crippen molar-refractivity contribution in [3.8, 4) is 0 Å². The maximum absolute atomic E-state index is 13.7. The number of nitrogens with zero attached hydrogens (tertiary/aromatic N) is 3. The highest BCUT2D eigenvalue weighted by Gasteiger charge is 2.59. The Morgan fingerprint density at radius 1 is 0.880 bits per heavy atom. The molecular formula is C18H23N3O4. The first-order valence-corrected chi connectivity index (χ1v) is 8.75. The van der Waals surface area contributed by atoms with Gasteiger partial charge in [-0.1, -0.05) is 12.1 Å². The van der Waals surface area contributed by atoms with Crippen molar-refractivity contribution < 1.29 is 19.1 Å². The summed E-state index contributed by atoms with van der Waals surface area (Å²) in [5, 5.41) is 0. The number of carbonyl (C=O) groups excluding carboxylic acids is 2. The molecule has 1 aromatic rings. The number of hydrogen-bond donors (Lipinski definition) is 0. The van der Waals surface area contributed by atoms with Crippen LogP contribution in [0.25, 0.3) is 0 Å². The van der Waals surface area contributed by atoms with Gasteiger partial charge in [-0.2, -0.15) is 0 Å². The lowest BCUT2D eigenvalue weighted by Gasteiger charge is -2.53. The minimum atomic E-state index is -1.29. The Morgan fingerprint density at radius 2 is 1.40 bits per heavy atom. The van der Waals surface area contributed by atoms with Gasteiger partial charge in [0.25, 0.3) is 5.91 Å². The molecule has 3 heterocycles.